The third kappa shape index (κ3) is 4.47. The predicted molar refractivity (Wildman–Crippen MR) is 57.2 cm³/mol. The Hall–Kier alpha value is -0.290. The summed E-state index contributed by atoms with van der Waals surface area (Å²) in [7, 11) is 0. The highest BCUT2D eigenvalue weighted by molar-refractivity contribution is 7.10. The second-order valence-corrected chi connectivity index (χ2v) is 3.73. The third-order valence-corrected chi connectivity index (χ3v) is 2.73. The number of amides is 1. The van der Waals surface area contributed by atoms with Gasteiger partial charge in [-0.2, -0.15) is 0 Å². The summed E-state index contributed by atoms with van der Waals surface area (Å²) in [6, 6.07) is 1.86. The highest BCUT2D eigenvalue weighted by Crippen LogP contribution is 2.20. The van der Waals surface area contributed by atoms with Gasteiger partial charge in [0.2, 0.25) is 5.91 Å². The Kier molecular flexibility index (Phi) is 6.07. The molecular formula is C7H10Cl2N2OS. The van der Waals surface area contributed by atoms with Crippen LogP contribution >= 0.6 is 35.3 Å². The highest BCUT2D eigenvalue weighted by Gasteiger charge is 2.01. The first-order valence-corrected chi connectivity index (χ1v) is 4.70. The van der Waals surface area contributed by atoms with Crippen LogP contribution in [0.3, 0.4) is 0 Å². The van der Waals surface area contributed by atoms with Crippen LogP contribution in [0.1, 0.15) is 11.3 Å². The summed E-state index contributed by atoms with van der Waals surface area (Å²) < 4.78 is 0. The first kappa shape index (κ1) is 12.7. The van der Waals surface area contributed by atoms with E-state index in [0.717, 1.165) is 9.90 Å². The molecule has 0 saturated heterocycles. The van der Waals surface area contributed by atoms with Crippen LogP contribution in [0.4, 0.5) is 0 Å². The van der Waals surface area contributed by atoms with E-state index in [1.165, 1.54) is 0 Å². The standard InChI is InChI=1S/C7H9ClN2OS.ClH/c8-5-3-6(12-4-5)1-2-7(11)10-9;/h3-4H,1-2,9H2,(H,10,11);1H. The van der Waals surface area contributed by atoms with E-state index in [4.69, 9.17) is 17.4 Å². The van der Waals surface area contributed by atoms with Gasteiger partial charge in [0.15, 0.2) is 0 Å². The number of carbonyl (C=O) groups is 1. The molecule has 0 aliphatic carbocycles. The fourth-order valence-corrected chi connectivity index (χ4v) is 1.87. The van der Waals surface area contributed by atoms with Crippen molar-refractivity contribution in [2.75, 3.05) is 0 Å². The van der Waals surface area contributed by atoms with Crippen molar-refractivity contribution in [2.45, 2.75) is 12.8 Å². The topological polar surface area (TPSA) is 55.1 Å². The number of carbonyl (C=O) groups excluding carboxylic acids is 1. The molecule has 0 unspecified atom stereocenters. The second-order valence-electron chi connectivity index (χ2n) is 2.30. The fourth-order valence-electron chi connectivity index (χ4n) is 0.794. The molecule has 0 bridgehead atoms. The number of nitrogens with two attached hydrogens (primary N) is 1. The van der Waals surface area contributed by atoms with Crippen LogP contribution in [0.25, 0.3) is 0 Å². The van der Waals surface area contributed by atoms with Crippen molar-refractivity contribution in [3.8, 4) is 0 Å². The van der Waals surface area contributed by atoms with Crippen LogP contribution in [-0.2, 0) is 11.2 Å². The zero-order valence-electron chi connectivity index (χ0n) is 6.75. The molecule has 0 aliphatic heterocycles. The molecule has 0 spiro atoms. The SMILES string of the molecule is Cl.NNC(=O)CCc1cc(Cl)cs1. The zero-order chi connectivity index (χ0) is 8.97. The molecule has 0 atom stereocenters. The van der Waals surface area contributed by atoms with Gasteiger partial charge < -0.3 is 0 Å². The Balaban J connectivity index is 0.00000144. The maximum absolute atomic E-state index is 10.7. The predicted octanol–water partition coefficient (Wildman–Crippen LogP) is 1.75. The van der Waals surface area contributed by atoms with Crippen molar-refractivity contribution in [1.29, 1.82) is 0 Å². The smallest absolute Gasteiger partial charge is 0.234 e. The Morgan fingerprint density at radius 3 is 2.85 bits per heavy atom. The number of thiophene rings is 1. The molecule has 13 heavy (non-hydrogen) atoms. The van der Waals surface area contributed by atoms with Gasteiger partial charge in [-0.15, -0.1) is 23.7 Å². The minimum absolute atomic E-state index is 0. The number of rotatable bonds is 3. The van der Waals surface area contributed by atoms with Gasteiger partial charge in [-0.25, -0.2) is 5.84 Å². The van der Waals surface area contributed by atoms with E-state index in [1.54, 1.807) is 11.3 Å². The summed E-state index contributed by atoms with van der Waals surface area (Å²) in [5.41, 5.74) is 2.07. The van der Waals surface area contributed by atoms with Gasteiger partial charge in [0.05, 0.1) is 5.02 Å². The average Bonchev–Trinajstić information content (AvgIpc) is 2.47. The third-order valence-electron chi connectivity index (χ3n) is 1.38. The normalized spacial score (nSPS) is 9.08. The summed E-state index contributed by atoms with van der Waals surface area (Å²) in [5, 5.41) is 2.57. The fraction of sp³-hybridized carbons (Fsp3) is 0.286. The monoisotopic (exact) mass is 240 g/mol. The van der Waals surface area contributed by atoms with E-state index in [0.29, 0.717) is 12.8 Å². The van der Waals surface area contributed by atoms with E-state index in [1.807, 2.05) is 11.4 Å². The van der Waals surface area contributed by atoms with Crippen LogP contribution in [0, 0.1) is 0 Å². The number of nitrogens with one attached hydrogen (secondary N) is 1. The van der Waals surface area contributed by atoms with Crippen LogP contribution in [0.15, 0.2) is 11.4 Å². The lowest BCUT2D eigenvalue weighted by atomic mass is 10.2. The lowest BCUT2D eigenvalue weighted by Gasteiger charge is -1.95. The van der Waals surface area contributed by atoms with Gasteiger partial charge in [-0.1, -0.05) is 11.6 Å². The molecule has 1 rings (SSSR count). The summed E-state index contributed by atoms with van der Waals surface area (Å²) in [6.45, 7) is 0. The van der Waals surface area contributed by atoms with Gasteiger partial charge in [-0.05, 0) is 12.5 Å². The van der Waals surface area contributed by atoms with Crippen molar-refractivity contribution in [1.82, 2.24) is 5.43 Å². The first-order valence-electron chi connectivity index (χ1n) is 3.44. The highest BCUT2D eigenvalue weighted by atomic mass is 35.5. The Morgan fingerprint density at radius 1 is 1.69 bits per heavy atom. The molecule has 1 aromatic heterocycles. The molecule has 0 aliphatic rings. The molecule has 1 heterocycles. The molecule has 0 aromatic carbocycles. The molecule has 3 N–H and O–H groups in total. The minimum atomic E-state index is -0.153. The van der Waals surface area contributed by atoms with Crippen molar-refractivity contribution in [3.63, 3.8) is 0 Å². The molecule has 1 aromatic rings. The van der Waals surface area contributed by atoms with Gasteiger partial charge in [0.25, 0.3) is 0 Å². The molecule has 1 amide bonds. The Bertz CT molecular complexity index is 277. The van der Waals surface area contributed by atoms with Gasteiger partial charge in [0.1, 0.15) is 0 Å². The van der Waals surface area contributed by atoms with Crippen molar-refractivity contribution >= 4 is 41.3 Å². The maximum atomic E-state index is 10.7. The summed E-state index contributed by atoms with van der Waals surface area (Å²) in [6.07, 6.45) is 1.10. The maximum Gasteiger partial charge on any atom is 0.234 e. The van der Waals surface area contributed by atoms with Crippen LogP contribution in [-0.4, -0.2) is 5.91 Å². The van der Waals surface area contributed by atoms with Gasteiger partial charge in [-0.3, -0.25) is 10.2 Å². The number of hydrogen-bond donors (Lipinski definition) is 2. The Morgan fingerprint density at radius 2 is 2.38 bits per heavy atom. The largest absolute Gasteiger partial charge is 0.294 e. The molecule has 74 valence electrons. The van der Waals surface area contributed by atoms with E-state index in [2.05, 4.69) is 5.43 Å². The second kappa shape index (κ2) is 6.21. The van der Waals surface area contributed by atoms with Crippen molar-refractivity contribution in [3.05, 3.63) is 21.3 Å². The summed E-state index contributed by atoms with van der Waals surface area (Å²) in [5.74, 6) is 4.77. The zero-order valence-corrected chi connectivity index (χ0v) is 9.14. The molecule has 0 radical (unpaired) electrons. The van der Waals surface area contributed by atoms with Gasteiger partial charge >= 0.3 is 0 Å². The molecule has 0 saturated carbocycles. The van der Waals surface area contributed by atoms with E-state index >= 15 is 0 Å². The lowest BCUT2D eigenvalue weighted by Crippen LogP contribution is -2.29. The van der Waals surface area contributed by atoms with Crippen molar-refractivity contribution < 1.29 is 4.79 Å². The minimum Gasteiger partial charge on any atom is -0.294 e. The van der Waals surface area contributed by atoms with Crippen LogP contribution < -0.4 is 11.3 Å². The average molecular weight is 241 g/mol. The number of hydrogen-bond acceptors (Lipinski definition) is 3. The van der Waals surface area contributed by atoms with Gasteiger partial charge in [0, 0.05) is 16.7 Å². The quantitative estimate of drug-likeness (QED) is 0.481. The molecule has 3 nitrogen and oxygen atoms in total. The molecule has 0 fully saturated rings. The van der Waals surface area contributed by atoms with Crippen LogP contribution in [0.2, 0.25) is 5.02 Å². The lowest BCUT2D eigenvalue weighted by molar-refractivity contribution is -0.121. The number of aryl methyl sites for hydroxylation is 1. The van der Waals surface area contributed by atoms with Crippen molar-refractivity contribution in [2.24, 2.45) is 5.84 Å². The first-order chi connectivity index (χ1) is 5.72. The van der Waals surface area contributed by atoms with Crippen LogP contribution in [0.5, 0.6) is 0 Å². The Labute approximate surface area is 91.6 Å². The number of hydrazine groups is 1. The molecular weight excluding hydrogens is 231 g/mol. The van der Waals surface area contributed by atoms with E-state index in [-0.39, 0.29) is 18.3 Å². The number of halogens is 2. The molecule has 6 heteroatoms. The van der Waals surface area contributed by atoms with E-state index < -0.39 is 0 Å². The summed E-state index contributed by atoms with van der Waals surface area (Å²) >= 11 is 7.24. The van der Waals surface area contributed by atoms with E-state index in [9.17, 15) is 4.79 Å². The summed E-state index contributed by atoms with van der Waals surface area (Å²) in [4.78, 5) is 11.8.